The Morgan fingerprint density at radius 3 is 2.95 bits per heavy atom. The molecule has 0 bridgehead atoms. The minimum atomic E-state index is 0.651. The lowest BCUT2D eigenvalue weighted by Gasteiger charge is -2.36. The lowest BCUT2D eigenvalue weighted by molar-refractivity contribution is 0.311. The van der Waals surface area contributed by atoms with Crippen LogP contribution in [0.5, 0.6) is 0 Å². The van der Waals surface area contributed by atoms with Crippen LogP contribution in [-0.4, -0.2) is 23.5 Å². The predicted molar refractivity (Wildman–Crippen MR) is 93.8 cm³/mol. The van der Waals surface area contributed by atoms with Gasteiger partial charge in [0, 0.05) is 28.4 Å². The van der Waals surface area contributed by atoms with Crippen LogP contribution in [0.1, 0.15) is 31.2 Å². The molecule has 1 aromatic rings. The van der Waals surface area contributed by atoms with Crippen molar-refractivity contribution in [2.75, 3.05) is 12.3 Å². The lowest BCUT2D eigenvalue weighted by atomic mass is 9.86. The first kappa shape index (κ1) is 15.5. The van der Waals surface area contributed by atoms with Crippen LogP contribution in [0.2, 0.25) is 10.0 Å². The number of aliphatic imine (C=N–C) groups is 1. The molecule has 0 amide bonds. The van der Waals surface area contributed by atoms with Gasteiger partial charge >= 0.3 is 0 Å². The van der Waals surface area contributed by atoms with Crippen LogP contribution in [0.15, 0.2) is 23.2 Å². The maximum Gasteiger partial charge on any atom is 0.156 e. The summed E-state index contributed by atoms with van der Waals surface area (Å²) in [6, 6.07) is 6.32. The molecule has 1 aliphatic heterocycles. The molecular formula is C16H20Cl2N2S. The average Bonchev–Trinajstić information content (AvgIpc) is 2.49. The van der Waals surface area contributed by atoms with Crippen LogP contribution in [0.4, 0.5) is 0 Å². The fourth-order valence-electron chi connectivity index (χ4n) is 3.08. The number of hydrogen-bond donors (Lipinski definition) is 1. The van der Waals surface area contributed by atoms with E-state index in [1.54, 1.807) is 6.07 Å². The highest BCUT2D eigenvalue weighted by Crippen LogP contribution is 2.31. The van der Waals surface area contributed by atoms with Crippen LogP contribution in [-0.2, 0) is 6.42 Å². The van der Waals surface area contributed by atoms with Crippen molar-refractivity contribution in [1.82, 2.24) is 5.32 Å². The smallest absolute Gasteiger partial charge is 0.156 e. The van der Waals surface area contributed by atoms with Crippen LogP contribution >= 0.6 is 35.0 Å². The minimum Gasteiger partial charge on any atom is -0.362 e. The monoisotopic (exact) mass is 342 g/mol. The number of benzene rings is 1. The third-order valence-corrected chi connectivity index (χ3v) is 6.01. The van der Waals surface area contributed by atoms with Crippen molar-refractivity contribution in [2.24, 2.45) is 10.9 Å². The number of fused-ring (bicyclic) bond motifs is 1. The van der Waals surface area contributed by atoms with E-state index in [0.29, 0.717) is 11.1 Å². The van der Waals surface area contributed by atoms with Gasteiger partial charge in [0.25, 0.3) is 0 Å². The van der Waals surface area contributed by atoms with E-state index in [9.17, 15) is 0 Å². The molecule has 0 aromatic heterocycles. The molecule has 2 fully saturated rings. The summed E-state index contributed by atoms with van der Waals surface area (Å²) in [5.74, 6) is 2.06. The number of amidine groups is 1. The second-order valence-electron chi connectivity index (χ2n) is 5.78. The first-order valence-electron chi connectivity index (χ1n) is 7.60. The Labute approximate surface area is 140 Å². The molecule has 1 saturated carbocycles. The Morgan fingerprint density at radius 1 is 1.24 bits per heavy atom. The third kappa shape index (κ3) is 4.08. The highest BCUT2D eigenvalue weighted by Gasteiger charge is 2.29. The molecule has 2 atom stereocenters. The first-order chi connectivity index (χ1) is 10.2. The van der Waals surface area contributed by atoms with E-state index in [1.807, 2.05) is 23.9 Å². The molecule has 2 nitrogen and oxygen atoms in total. The predicted octanol–water partition coefficient (Wildman–Crippen LogP) is 4.79. The highest BCUT2D eigenvalue weighted by atomic mass is 35.5. The van der Waals surface area contributed by atoms with Crippen molar-refractivity contribution in [3.63, 3.8) is 0 Å². The van der Waals surface area contributed by atoms with Crippen molar-refractivity contribution >= 4 is 40.1 Å². The van der Waals surface area contributed by atoms with E-state index in [0.717, 1.165) is 34.6 Å². The summed E-state index contributed by atoms with van der Waals surface area (Å²) in [4.78, 5) is 4.71. The molecule has 114 valence electrons. The molecule has 2 unspecified atom stereocenters. The van der Waals surface area contributed by atoms with E-state index in [4.69, 9.17) is 28.2 Å². The van der Waals surface area contributed by atoms with Crippen molar-refractivity contribution < 1.29 is 0 Å². The van der Waals surface area contributed by atoms with E-state index in [1.165, 1.54) is 31.4 Å². The van der Waals surface area contributed by atoms with E-state index < -0.39 is 0 Å². The van der Waals surface area contributed by atoms with Gasteiger partial charge in [-0.2, -0.15) is 0 Å². The molecular weight excluding hydrogens is 323 g/mol. The van der Waals surface area contributed by atoms with Crippen molar-refractivity contribution in [3.05, 3.63) is 33.8 Å². The fraction of sp³-hybridized carbons (Fsp3) is 0.562. The van der Waals surface area contributed by atoms with Gasteiger partial charge in [0.1, 0.15) is 0 Å². The van der Waals surface area contributed by atoms with Crippen LogP contribution in [0, 0.1) is 5.92 Å². The largest absolute Gasteiger partial charge is 0.362 e. The summed E-state index contributed by atoms with van der Waals surface area (Å²) < 4.78 is 0. The molecule has 1 aliphatic carbocycles. The standard InChI is InChI=1S/C16H20Cl2N2S/c17-13-6-5-11(14(18)9-13)7-8-19-16-20-15-4-2-1-3-12(15)10-21-16/h5-6,9,12,15H,1-4,7-8,10H2,(H,19,20). The number of hydrogen-bond acceptors (Lipinski definition) is 2. The van der Waals surface area contributed by atoms with Crippen LogP contribution < -0.4 is 5.32 Å². The molecule has 1 N–H and O–H groups in total. The topological polar surface area (TPSA) is 24.4 Å². The summed E-state index contributed by atoms with van der Waals surface area (Å²) in [7, 11) is 0. The Hall–Kier alpha value is -0.380. The molecule has 3 rings (SSSR count). The summed E-state index contributed by atoms with van der Waals surface area (Å²) in [6.07, 6.45) is 6.28. The summed E-state index contributed by atoms with van der Waals surface area (Å²) in [5, 5.41) is 6.16. The zero-order chi connectivity index (χ0) is 14.7. The van der Waals surface area contributed by atoms with Gasteiger partial charge in [-0.1, -0.05) is 53.9 Å². The van der Waals surface area contributed by atoms with Crippen molar-refractivity contribution in [2.45, 2.75) is 38.1 Å². The van der Waals surface area contributed by atoms with Gasteiger partial charge < -0.3 is 5.32 Å². The van der Waals surface area contributed by atoms with E-state index in [-0.39, 0.29) is 0 Å². The quantitative estimate of drug-likeness (QED) is 0.854. The Balaban J connectivity index is 1.54. The van der Waals surface area contributed by atoms with Gasteiger partial charge in [-0.15, -0.1) is 0 Å². The van der Waals surface area contributed by atoms with E-state index >= 15 is 0 Å². The lowest BCUT2D eigenvalue weighted by Crippen LogP contribution is -2.46. The maximum atomic E-state index is 6.19. The van der Waals surface area contributed by atoms with Gasteiger partial charge in [-0.3, -0.25) is 4.99 Å². The number of halogens is 2. The number of nitrogens with zero attached hydrogens (tertiary/aromatic N) is 1. The number of thioether (sulfide) groups is 1. The number of nitrogens with one attached hydrogen (secondary N) is 1. The Morgan fingerprint density at radius 2 is 2.10 bits per heavy atom. The molecule has 2 aliphatic rings. The normalized spacial score (nSPS) is 27.2. The van der Waals surface area contributed by atoms with Gasteiger partial charge in [0.15, 0.2) is 5.17 Å². The molecule has 1 saturated heterocycles. The van der Waals surface area contributed by atoms with Crippen LogP contribution in [0.25, 0.3) is 0 Å². The SMILES string of the molecule is Clc1ccc(CCN=C2NC3CCCCC3CS2)c(Cl)c1. The van der Waals surface area contributed by atoms with Gasteiger partial charge in [0.2, 0.25) is 0 Å². The molecule has 0 spiro atoms. The molecule has 1 heterocycles. The third-order valence-electron chi connectivity index (χ3n) is 4.30. The zero-order valence-corrected chi connectivity index (χ0v) is 14.3. The Kier molecular flexibility index (Phi) is 5.36. The average molecular weight is 343 g/mol. The summed E-state index contributed by atoms with van der Waals surface area (Å²) >= 11 is 14.0. The van der Waals surface area contributed by atoms with E-state index in [2.05, 4.69) is 5.32 Å². The molecule has 1 aromatic carbocycles. The first-order valence-corrected chi connectivity index (χ1v) is 9.34. The Bertz CT molecular complexity index is 533. The van der Waals surface area contributed by atoms with Gasteiger partial charge in [-0.05, 0) is 42.9 Å². The minimum absolute atomic E-state index is 0.651. The van der Waals surface area contributed by atoms with Gasteiger partial charge in [0.05, 0.1) is 0 Å². The molecule has 21 heavy (non-hydrogen) atoms. The zero-order valence-electron chi connectivity index (χ0n) is 11.9. The van der Waals surface area contributed by atoms with Gasteiger partial charge in [-0.25, -0.2) is 0 Å². The second-order valence-corrected chi connectivity index (χ2v) is 7.63. The summed E-state index contributed by atoms with van der Waals surface area (Å²) in [5.41, 5.74) is 1.11. The molecule has 0 radical (unpaired) electrons. The molecule has 5 heteroatoms. The van der Waals surface area contributed by atoms with Crippen LogP contribution in [0.3, 0.4) is 0 Å². The van der Waals surface area contributed by atoms with Crippen molar-refractivity contribution in [1.29, 1.82) is 0 Å². The number of rotatable bonds is 3. The fourth-order valence-corrected chi connectivity index (χ4v) is 4.77. The second kappa shape index (κ2) is 7.26. The maximum absolute atomic E-state index is 6.19. The summed E-state index contributed by atoms with van der Waals surface area (Å²) in [6.45, 7) is 0.772. The van der Waals surface area contributed by atoms with Crippen molar-refractivity contribution in [3.8, 4) is 0 Å². The highest BCUT2D eigenvalue weighted by molar-refractivity contribution is 8.13.